The average Bonchev–Trinajstić information content (AvgIpc) is 1.35. The van der Waals surface area contributed by atoms with Crippen molar-refractivity contribution in [3.8, 4) is 0 Å². The molecule has 1 N–H and O–H groups in total. The van der Waals surface area contributed by atoms with Gasteiger partial charge in [-0.3, -0.25) is 0 Å². The summed E-state index contributed by atoms with van der Waals surface area (Å²) in [6, 6.07) is 0. The highest BCUT2D eigenvalue weighted by Gasteiger charge is 1.82. The SMILES string of the molecule is CCN[C@@H](C)P. The maximum absolute atomic E-state index is 3.17. The number of rotatable bonds is 2. The second-order valence-corrected chi connectivity index (χ2v) is 2.35. The lowest BCUT2D eigenvalue weighted by Crippen LogP contribution is -2.18. The van der Waals surface area contributed by atoms with Crippen molar-refractivity contribution in [3.05, 3.63) is 0 Å². The summed E-state index contributed by atoms with van der Waals surface area (Å²) in [5.74, 6) is 0.565. The van der Waals surface area contributed by atoms with Crippen LogP contribution in [0.25, 0.3) is 0 Å². The maximum Gasteiger partial charge on any atom is 0.0183 e. The molecule has 0 aliphatic rings. The normalized spacial score (nSPS) is 14.5. The first-order chi connectivity index (χ1) is 2.77. The largest absolute Gasteiger partial charge is 0.311 e. The molecule has 2 heteroatoms. The Morgan fingerprint density at radius 3 is 2.33 bits per heavy atom. The fraction of sp³-hybridized carbons (Fsp3) is 1.00. The molecule has 38 valence electrons. The molecule has 0 saturated heterocycles. The molecule has 6 heavy (non-hydrogen) atoms. The zero-order valence-corrected chi connectivity index (χ0v) is 5.52. The van der Waals surface area contributed by atoms with Crippen molar-refractivity contribution in [2.24, 2.45) is 0 Å². The minimum Gasteiger partial charge on any atom is -0.311 e. The van der Waals surface area contributed by atoms with Crippen LogP contribution in [0.2, 0.25) is 0 Å². The topological polar surface area (TPSA) is 12.0 Å². The van der Waals surface area contributed by atoms with E-state index in [-0.39, 0.29) is 0 Å². The Balaban J connectivity index is 2.63. The first-order valence-corrected chi connectivity index (χ1v) is 2.93. The molecule has 0 rings (SSSR count). The fourth-order valence-electron chi connectivity index (χ4n) is 0.322. The van der Waals surface area contributed by atoms with E-state index in [4.69, 9.17) is 0 Å². The predicted molar refractivity (Wildman–Crippen MR) is 32.8 cm³/mol. The molecule has 0 saturated carbocycles. The zero-order valence-electron chi connectivity index (χ0n) is 4.36. The van der Waals surface area contributed by atoms with Gasteiger partial charge in [-0.2, -0.15) is 0 Å². The van der Waals surface area contributed by atoms with Crippen LogP contribution in [-0.4, -0.2) is 12.3 Å². The summed E-state index contributed by atoms with van der Waals surface area (Å²) in [6.45, 7) is 5.26. The van der Waals surface area contributed by atoms with Crippen molar-refractivity contribution in [1.29, 1.82) is 0 Å². The van der Waals surface area contributed by atoms with E-state index in [9.17, 15) is 0 Å². The Morgan fingerprint density at radius 2 is 2.33 bits per heavy atom. The minimum atomic E-state index is 0.565. The van der Waals surface area contributed by atoms with Crippen LogP contribution in [0, 0.1) is 0 Å². The van der Waals surface area contributed by atoms with Crippen LogP contribution in [0.3, 0.4) is 0 Å². The molecule has 0 aromatic rings. The van der Waals surface area contributed by atoms with E-state index in [0.717, 1.165) is 6.54 Å². The highest BCUT2D eigenvalue weighted by molar-refractivity contribution is 7.17. The Labute approximate surface area is 41.7 Å². The van der Waals surface area contributed by atoms with E-state index in [1.165, 1.54) is 0 Å². The van der Waals surface area contributed by atoms with Gasteiger partial charge in [0.25, 0.3) is 0 Å². The third-order valence-electron chi connectivity index (χ3n) is 0.526. The highest BCUT2D eigenvalue weighted by Crippen LogP contribution is 1.88. The van der Waals surface area contributed by atoms with Gasteiger partial charge in [0.1, 0.15) is 0 Å². The van der Waals surface area contributed by atoms with Gasteiger partial charge in [-0.1, -0.05) is 6.92 Å². The molecule has 0 aromatic carbocycles. The monoisotopic (exact) mass is 105 g/mol. The van der Waals surface area contributed by atoms with Crippen LogP contribution in [0.4, 0.5) is 0 Å². The summed E-state index contributed by atoms with van der Waals surface area (Å²) >= 11 is 0. The van der Waals surface area contributed by atoms with Gasteiger partial charge in [-0.25, -0.2) is 0 Å². The van der Waals surface area contributed by atoms with E-state index in [2.05, 4.69) is 28.4 Å². The lowest BCUT2D eigenvalue weighted by Gasteiger charge is -2.00. The molecule has 0 aliphatic heterocycles. The van der Waals surface area contributed by atoms with Crippen LogP contribution in [0.15, 0.2) is 0 Å². The van der Waals surface area contributed by atoms with Gasteiger partial charge in [-0.15, -0.1) is 9.24 Å². The van der Waals surface area contributed by atoms with Crippen LogP contribution < -0.4 is 5.32 Å². The highest BCUT2D eigenvalue weighted by atomic mass is 31.0. The maximum atomic E-state index is 3.17. The van der Waals surface area contributed by atoms with Gasteiger partial charge in [-0.05, 0) is 13.5 Å². The summed E-state index contributed by atoms with van der Waals surface area (Å²) < 4.78 is 0. The third-order valence-corrected chi connectivity index (χ3v) is 0.762. The summed E-state index contributed by atoms with van der Waals surface area (Å²) in [5, 5.41) is 3.17. The Bertz CT molecular complexity index is 28.7. The van der Waals surface area contributed by atoms with Gasteiger partial charge in [0.05, 0.1) is 0 Å². The molecule has 0 spiro atoms. The molecular weight excluding hydrogens is 93.0 g/mol. The van der Waals surface area contributed by atoms with Crippen molar-refractivity contribution in [3.63, 3.8) is 0 Å². The van der Waals surface area contributed by atoms with E-state index in [1.54, 1.807) is 0 Å². The van der Waals surface area contributed by atoms with E-state index in [1.807, 2.05) is 0 Å². The second kappa shape index (κ2) is 3.58. The molecule has 2 atom stereocenters. The first-order valence-electron chi connectivity index (χ1n) is 2.26. The quantitative estimate of drug-likeness (QED) is 0.512. The molecule has 0 amide bonds. The smallest absolute Gasteiger partial charge is 0.0183 e. The Hall–Kier alpha value is 0.390. The van der Waals surface area contributed by atoms with Crippen molar-refractivity contribution < 1.29 is 0 Å². The lowest BCUT2D eigenvalue weighted by atomic mass is 10.7. The van der Waals surface area contributed by atoms with Crippen molar-refractivity contribution in [1.82, 2.24) is 5.32 Å². The molecule has 1 unspecified atom stereocenters. The number of nitrogens with one attached hydrogen (secondary N) is 1. The van der Waals surface area contributed by atoms with Crippen LogP contribution in [0.5, 0.6) is 0 Å². The molecule has 0 bridgehead atoms. The van der Waals surface area contributed by atoms with E-state index < -0.39 is 0 Å². The number of hydrogen-bond donors (Lipinski definition) is 1. The van der Waals surface area contributed by atoms with Gasteiger partial charge < -0.3 is 5.32 Å². The minimum absolute atomic E-state index is 0.565. The van der Waals surface area contributed by atoms with Crippen molar-refractivity contribution >= 4 is 9.24 Å². The molecule has 1 nitrogen and oxygen atoms in total. The predicted octanol–water partition coefficient (Wildman–Crippen LogP) is 0.817. The van der Waals surface area contributed by atoms with Crippen LogP contribution >= 0.6 is 9.24 Å². The van der Waals surface area contributed by atoms with E-state index in [0.29, 0.717) is 5.78 Å². The van der Waals surface area contributed by atoms with Crippen LogP contribution in [-0.2, 0) is 0 Å². The summed E-state index contributed by atoms with van der Waals surface area (Å²) in [5.41, 5.74) is 0. The summed E-state index contributed by atoms with van der Waals surface area (Å²) in [4.78, 5) is 0. The van der Waals surface area contributed by atoms with Crippen molar-refractivity contribution in [2.75, 3.05) is 6.54 Å². The third kappa shape index (κ3) is 4.39. The summed E-state index contributed by atoms with van der Waals surface area (Å²) in [7, 11) is 2.67. The summed E-state index contributed by atoms with van der Waals surface area (Å²) in [6.07, 6.45) is 0. The van der Waals surface area contributed by atoms with Crippen LogP contribution in [0.1, 0.15) is 13.8 Å². The van der Waals surface area contributed by atoms with Gasteiger partial charge in [0.2, 0.25) is 0 Å². The average molecular weight is 105 g/mol. The zero-order chi connectivity index (χ0) is 4.99. The Kier molecular flexibility index (Phi) is 3.81. The second-order valence-electron chi connectivity index (χ2n) is 1.35. The van der Waals surface area contributed by atoms with Gasteiger partial charge in [0, 0.05) is 5.78 Å². The Morgan fingerprint density at radius 1 is 1.83 bits per heavy atom. The molecule has 0 heterocycles. The lowest BCUT2D eigenvalue weighted by molar-refractivity contribution is 0.720. The molecule has 0 aromatic heterocycles. The molecular formula is C4H12NP. The molecule has 0 fully saturated rings. The van der Waals surface area contributed by atoms with Gasteiger partial charge in [0.15, 0.2) is 0 Å². The van der Waals surface area contributed by atoms with Gasteiger partial charge >= 0.3 is 0 Å². The number of hydrogen-bond acceptors (Lipinski definition) is 1. The first kappa shape index (κ1) is 6.39. The van der Waals surface area contributed by atoms with Crippen molar-refractivity contribution in [2.45, 2.75) is 19.6 Å². The standard InChI is InChI=1S/C4H12NP/c1-3-5-4(2)6/h4-5H,3,6H2,1-2H3/t4-/m1/s1. The molecule has 0 radical (unpaired) electrons. The fourth-order valence-corrected chi connectivity index (χ4v) is 0.558. The molecule has 0 aliphatic carbocycles. The van der Waals surface area contributed by atoms with E-state index >= 15 is 0 Å².